The summed E-state index contributed by atoms with van der Waals surface area (Å²) in [6.07, 6.45) is -0.278. The standard InChI is InChI=1S/C25H35N3O6S/c1-25(2,3)34-24(29)28-15-13-27(14-16-28)17-18-32-19-20-33-26-35(30,31)23-11-9-22(10-12-23)21-7-5-4-6-8-21/h4-12,26H,13-20H2,1-3H3. The summed E-state index contributed by atoms with van der Waals surface area (Å²) in [7, 11) is -3.77. The summed E-state index contributed by atoms with van der Waals surface area (Å²) in [6, 6.07) is 16.4. The number of hydrogen-bond acceptors (Lipinski definition) is 7. The lowest BCUT2D eigenvalue weighted by Gasteiger charge is -2.35. The van der Waals surface area contributed by atoms with Crippen molar-refractivity contribution >= 4 is 16.1 Å². The molecule has 2 aromatic carbocycles. The monoisotopic (exact) mass is 505 g/mol. The van der Waals surface area contributed by atoms with Gasteiger partial charge in [0.25, 0.3) is 10.0 Å². The van der Waals surface area contributed by atoms with E-state index < -0.39 is 15.6 Å². The van der Waals surface area contributed by atoms with Crippen molar-refractivity contribution in [1.82, 2.24) is 14.7 Å². The summed E-state index contributed by atoms with van der Waals surface area (Å²) in [5, 5.41) is 0. The van der Waals surface area contributed by atoms with Gasteiger partial charge in [-0.1, -0.05) is 47.3 Å². The smallest absolute Gasteiger partial charge is 0.410 e. The maximum Gasteiger partial charge on any atom is 0.410 e. The van der Waals surface area contributed by atoms with E-state index >= 15 is 0 Å². The van der Waals surface area contributed by atoms with Crippen LogP contribution in [0.4, 0.5) is 4.79 Å². The molecule has 3 rings (SSSR count). The maximum atomic E-state index is 12.4. The normalized spacial score (nSPS) is 15.2. The molecule has 1 fully saturated rings. The quantitative estimate of drug-likeness (QED) is 0.391. The van der Waals surface area contributed by atoms with Gasteiger partial charge in [-0.05, 0) is 44.0 Å². The molecule has 2 aromatic rings. The molecule has 192 valence electrons. The number of sulfonamides is 1. The highest BCUT2D eigenvalue weighted by atomic mass is 32.2. The zero-order valence-corrected chi connectivity index (χ0v) is 21.4. The minimum absolute atomic E-state index is 0.0910. The molecule has 1 aliphatic rings. The van der Waals surface area contributed by atoms with Crippen molar-refractivity contribution in [3.05, 3.63) is 54.6 Å². The molecule has 0 bridgehead atoms. The van der Waals surface area contributed by atoms with Gasteiger partial charge in [0.2, 0.25) is 0 Å². The van der Waals surface area contributed by atoms with E-state index in [2.05, 4.69) is 9.79 Å². The number of piperazine rings is 1. The first-order valence-electron chi connectivity index (χ1n) is 11.7. The van der Waals surface area contributed by atoms with Crippen LogP contribution >= 0.6 is 0 Å². The van der Waals surface area contributed by atoms with Crippen molar-refractivity contribution in [3.8, 4) is 11.1 Å². The Labute approximate surface area is 208 Å². The van der Waals surface area contributed by atoms with Crippen LogP contribution in [0.25, 0.3) is 11.1 Å². The number of nitrogens with zero attached hydrogens (tertiary/aromatic N) is 2. The van der Waals surface area contributed by atoms with Gasteiger partial charge in [0.15, 0.2) is 0 Å². The number of ether oxygens (including phenoxy) is 2. The van der Waals surface area contributed by atoms with E-state index in [1.807, 2.05) is 51.1 Å². The summed E-state index contributed by atoms with van der Waals surface area (Å²) < 4.78 is 35.8. The molecule has 0 aliphatic carbocycles. The molecule has 0 radical (unpaired) electrons. The molecule has 1 aliphatic heterocycles. The van der Waals surface area contributed by atoms with Crippen LogP contribution < -0.4 is 4.89 Å². The van der Waals surface area contributed by atoms with Gasteiger partial charge in [-0.25, -0.2) is 13.2 Å². The number of amides is 1. The molecule has 0 spiro atoms. The lowest BCUT2D eigenvalue weighted by molar-refractivity contribution is 0.00442. The van der Waals surface area contributed by atoms with Crippen LogP contribution in [-0.4, -0.2) is 82.5 Å². The highest BCUT2D eigenvalue weighted by Crippen LogP contribution is 2.21. The number of rotatable bonds is 10. The summed E-state index contributed by atoms with van der Waals surface area (Å²) in [5.41, 5.74) is 1.46. The number of nitrogens with one attached hydrogen (secondary N) is 1. The first kappa shape index (κ1) is 27.1. The Morgan fingerprint density at radius 3 is 2.14 bits per heavy atom. The molecule has 0 unspecified atom stereocenters. The Morgan fingerprint density at radius 1 is 0.886 bits per heavy atom. The highest BCUT2D eigenvalue weighted by Gasteiger charge is 2.25. The van der Waals surface area contributed by atoms with E-state index in [-0.39, 0.29) is 24.2 Å². The molecule has 35 heavy (non-hydrogen) atoms. The fourth-order valence-corrected chi connectivity index (χ4v) is 4.33. The Hall–Kier alpha value is -2.50. The number of carbonyl (C=O) groups excluding carboxylic acids is 1. The summed E-state index contributed by atoms with van der Waals surface area (Å²) in [5.74, 6) is 0. The van der Waals surface area contributed by atoms with Crippen LogP contribution in [0, 0.1) is 0 Å². The molecule has 1 N–H and O–H groups in total. The second-order valence-electron chi connectivity index (χ2n) is 9.25. The van der Waals surface area contributed by atoms with Crippen molar-refractivity contribution in [2.75, 3.05) is 52.5 Å². The molecular weight excluding hydrogens is 470 g/mol. The van der Waals surface area contributed by atoms with E-state index in [0.717, 1.165) is 30.8 Å². The summed E-state index contributed by atoms with van der Waals surface area (Å²) in [4.78, 5) is 23.4. The van der Waals surface area contributed by atoms with Crippen molar-refractivity contribution in [1.29, 1.82) is 0 Å². The van der Waals surface area contributed by atoms with Gasteiger partial charge < -0.3 is 14.4 Å². The first-order valence-corrected chi connectivity index (χ1v) is 13.2. The predicted octanol–water partition coefficient (Wildman–Crippen LogP) is 3.13. The van der Waals surface area contributed by atoms with Crippen LogP contribution in [-0.2, 0) is 24.3 Å². The lowest BCUT2D eigenvalue weighted by Crippen LogP contribution is -2.50. The predicted molar refractivity (Wildman–Crippen MR) is 133 cm³/mol. The Balaban J connectivity index is 1.28. The number of hydrogen-bond donors (Lipinski definition) is 1. The SMILES string of the molecule is CC(C)(C)OC(=O)N1CCN(CCOCCONS(=O)(=O)c2ccc(-c3ccccc3)cc2)CC1. The van der Waals surface area contributed by atoms with Gasteiger partial charge >= 0.3 is 6.09 Å². The fourth-order valence-electron chi connectivity index (χ4n) is 3.50. The second kappa shape index (κ2) is 12.5. The molecule has 9 nitrogen and oxygen atoms in total. The van der Waals surface area contributed by atoms with Gasteiger partial charge in [-0.3, -0.25) is 9.74 Å². The topological polar surface area (TPSA) is 97.4 Å². The third-order valence-corrected chi connectivity index (χ3v) is 6.58. The van der Waals surface area contributed by atoms with E-state index in [0.29, 0.717) is 19.7 Å². The average molecular weight is 506 g/mol. The summed E-state index contributed by atoms with van der Waals surface area (Å²) >= 11 is 0. The highest BCUT2D eigenvalue weighted by molar-refractivity contribution is 7.89. The maximum absolute atomic E-state index is 12.4. The van der Waals surface area contributed by atoms with Crippen molar-refractivity contribution < 1.29 is 27.5 Å². The van der Waals surface area contributed by atoms with Gasteiger partial charge in [0.1, 0.15) is 5.60 Å². The molecule has 1 saturated heterocycles. The molecule has 0 atom stereocenters. The van der Waals surface area contributed by atoms with E-state index in [4.69, 9.17) is 14.3 Å². The molecule has 1 heterocycles. The average Bonchev–Trinajstić information content (AvgIpc) is 2.83. The molecule has 1 amide bonds. The van der Waals surface area contributed by atoms with Gasteiger partial charge in [0, 0.05) is 32.7 Å². The van der Waals surface area contributed by atoms with Crippen LogP contribution in [0.5, 0.6) is 0 Å². The Bertz CT molecular complexity index is 1030. The molecule has 10 heteroatoms. The van der Waals surface area contributed by atoms with Gasteiger partial charge in [0.05, 0.1) is 24.7 Å². The van der Waals surface area contributed by atoms with Gasteiger partial charge in [-0.2, -0.15) is 0 Å². The van der Waals surface area contributed by atoms with E-state index in [1.165, 1.54) is 0 Å². The van der Waals surface area contributed by atoms with Crippen LogP contribution in [0.15, 0.2) is 59.5 Å². The molecular formula is C25H35N3O6S. The van der Waals surface area contributed by atoms with Crippen molar-refractivity contribution in [3.63, 3.8) is 0 Å². The van der Waals surface area contributed by atoms with Crippen molar-refractivity contribution in [2.45, 2.75) is 31.3 Å². The fraction of sp³-hybridized carbons (Fsp3) is 0.480. The lowest BCUT2D eigenvalue weighted by atomic mass is 10.1. The Kier molecular flexibility index (Phi) is 9.64. The third kappa shape index (κ3) is 8.90. The number of benzene rings is 2. The molecule has 0 saturated carbocycles. The zero-order chi connectivity index (χ0) is 25.3. The summed E-state index contributed by atoms with van der Waals surface area (Å²) in [6.45, 7) is 9.87. The van der Waals surface area contributed by atoms with Crippen LogP contribution in [0.1, 0.15) is 20.8 Å². The first-order chi connectivity index (χ1) is 16.6. The van der Waals surface area contributed by atoms with Crippen LogP contribution in [0.3, 0.4) is 0 Å². The largest absolute Gasteiger partial charge is 0.444 e. The zero-order valence-electron chi connectivity index (χ0n) is 20.6. The van der Waals surface area contributed by atoms with E-state index in [1.54, 1.807) is 29.2 Å². The van der Waals surface area contributed by atoms with E-state index in [9.17, 15) is 13.2 Å². The van der Waals surface area contributed by atoms with Crippen LogP contribution in [0.2, 0.25) is 0 Å². The molecule has 0 aromatic heterocycles. The minimum Gasteiger partial charge on any atom is -0.444 e. The number of carbonyl (C=O) groups is 1. The minimum atomic E-state index is -3.77. The third-order valence-electron chi connectivity index (χ3n) is 5.35. The van der Waals surface area contributed by atoms with Gasteiger partial charge in [-0.15, -0.1) is 0 Å². The van der Waals surface area contributed by atoms with Crippen molar-refractivity contribution in [2.24, 2.45) is 0 Å². The Morgan fingerprint density at radius 2 is 1.51 bits per heavy atom. The second-order valence-corrected chi connectivity index (χ2v) is 10.9.